The Morgan fingerprint density at radius 2 is 1.94 bits per heavy atom. The van der Waals surface area contributed by atoms with E-state index < -0.39 is 5.54 Å². The lowest BCUT2D eigenvalue weighted by Gasteiger charge is -2.45. The normalized spacial score (nSPS) is 38.2. The van der Waals surface area contributed by atoms with Crippen LogP contribution in [-0.4, -0.2) is 23.4 Å². The first-order chi connectivity index (χ1) is 8.03. The summed E-state index contributed by atoms with van der Waals surface area (Å²) in [5, 5.41) is 6.35. The Labute approximate surface area is 102 Å². The minimum Gasteiger partial charge on any atom is -0.341 e. The minimum absolute atomic E-state index is 0.0101. The molecule has 17 heavy (non-hydrogen) atoms. The molecule has 1 atom stereocenters. The molecule has 1 heterocycles. The first-order valence-electron chi connectivity index (χ1n) is 6.71. The molecule has 2 aliphatic carbocycles. The third-order valence-electron chi connectivity index (χ3n) is 4.57. The van der Waals surface area contributed by atoms with Gasteiger partial charge in [0.15, 0.2) is 5.96 Å². The Morgan fingerprint density at radius 1 is 1.24 bits per heavy atom. The Kier molecular flexibility index (Phi) is 2.25. The Hall–Kier alpha value is -1.06. The number of amides is 1. The van der Waals surface area contributed by atoms with Crippen LogP contribution < -0.4 is 10.6 Å². The van der Waals surface area contributed by atoms with Crippen molar-refractivity contribution >= 4 is 11.9 Å². The Balaban J connectivity index is 1.88. The molecule has 0 aromatic carbocycles. The second-order valence-electron chi connectivity index (χ2n) is 6.28. The van der Waals surface area contributed by atoms with E-state index in [1.807, 2.05) is 0 Å². The van der Waals surface area contributed by atoms with Gasteiger partial charge in [-0.15, -0.1) is 0 Å². The summed E-state index contributed by atoms with van der Waals surface area (Å²) >= 11 is 0. The summed E-state index contributed by atoms with van der Waals surface area (Å²) in [7, 11) is 0. The van der Waals surface area contributed by atoms with Crippen molar-refractivity contribution in [2.45, 2.75) is 64.0 Å². The van der Waals surface area contributed by atoms with Crippen LogP contribution in [0.25, 0.3) is 0 Å². The highest BCUT2D eigenvalue weighted by Gasteiger charge is 2.56. The summed E-state index contributed by atoms with van der Waals surface area (Å²) in [6.07, 6.45) is 6.70. The summed E-state index contributed by atoms with van der Waals surface area (Å²) in [6.45, 7) is 4.39. The van der Waals surface area contributed by atoms with E-state index in [0.29, 0.717) is 12.0 Å². The maximum atomic E-state index is 12.3. The molecule has 3 rings (SSSR count). The van der Waals surface area contributed by atoms with E-state index in [4.69, 9.17) is 0 Å². The van der Waals surface area contributed by atoms with E-state index in [1.165, 1.54) is 6.42 Å². The van der Waals surface area contributed by atoms with Crippen molar-refractivity contribution in [1.29, 1.82) is 0 Å². The highest BCUT2D eigenvalue weighted by Crippen LogP contribution is 2.45. The van der Waals surface area contributed by atoms with Crippen LogP contribution in [0.4, 0.5) is 0 Å². The SMILES string of the molecule is CC1(C)CCCCC12NC(=NC1CC1)NC2=O. The number of carbonyl (C=O) groups excluding carboxylic acids is 1. The van der Waals surface area contributed by atoms with Crippen LogP contribution in [0.15, 0.2) is 4.99 Å². The molecule has 0 bridgehead atoms. The molecule has 1 spiro atoms. The van der Waals surface area contributed by atoms with Crippen molar-refractivity contribution < 1.29 is 4.79 Å². The molecular formula is C13H21N3O. The smallest absolute Gasteiger partial charge is 0.252 e. The summed E-state index contributed by atoms with van der Waals surface area (Å²) in [4.78, 5) is 16.9. The number of hydrogen-bond acceptors (Lipinski definition) is 2. The molecule has 2 N–H and O–H groups in total. The van der Waals surface area contributed by atoms with Crippen LogP contribution in [0.3, 0.4) is 0 Å². The summed E-state index contributed by atoms with van der Waals surface area (Å²) in [5.74, 6) is 0.842. The molecule has 1 amide bonds. The average molecular weight is 235 g/mol. The van der Waals surface area contributed by atoms with E-state index >= 15 is 0 Å². The lowest BCUT2D eigenvalue weighted by molar-refractivity contribution is -0.130. The fraction of sp³-hybridized carbons (Fsp3) is 0.846. The molecule has 3 fully saturated rings. The number of guanidine groups is 1. The van der Waals surface area contributed by atoms with Gasteiger partial charge in [-0.05, 0) is 31.1 Å². The van der Waals surface area contributed by atoms with Crippen molar-refractivity contribution in [3.05, 3.63) is 0 Å². The van der Waals surface area contributed by atoms with Gasteiger partial charge in [0, 0.05) is 0 Å². The number of carbonyl (C=O) groups is 1. The zero-order chi connectivity index (χ0) is 12.1. The molecular weight excluding hydrogens is 214 g/mol. The first-order valence-corrected chi connectivity index (χ1v) is 6.71. The van der Waals surface area contributed by atoms with Gasteiger partial charge in [0.05, 0.1) is 6.04 Å². The lowest BCUT2D eigenvalue weighted by Crippen LogP contribution is -2.59. The zero-order valence-electron chi connectivity index (χ0n) is 10.7. The van der Waals surface area contributed by atoms with Gasteiger partial charge in [-0.25, -0.2) is 4.99 Å². The number of rotatable bonds is 1. The van der Waals surface area contributed by atoms with Crippen LogP contribution in [0, 0.1) is 5.41 Å². The highest BCUT2D eigenvalue weighted by atomic mass is 16.2. The van der Waals surface area contributed by atoms with Gasteiger partial charge in [0.2, 0.25) is 0 Å². The largest absolute Gasteiger partial charge is 0.341 e. The average Bonchev–Trinajstić information content (AvgIpc) is 2.98. The van der Waals surface area contributed by atoms with Crippen LogP contribution in [0.5, 0.6) is 0 Å². The number of nitrogens with zero attached hydrogens (tertiary/aromatic N) is 1. The molecule has 0 radical (unpaired) electrons. The van der Waals surface area contributed by atoms with Gasteiger partial charge in [-0.1, -0.05) is 26.7 Å². The lowest BCUT2D eigenvalue weighted by atomic mass is 9.63. The van der Waals surface area contributed by atoms with Crippen molar-refractivity contribution in [3.63, 3.8) is 0 Å². The van der Waals surface area contributed by atoms with Crippen molar-refractivity contribution in [3.8, 4) is 0 Å². The van der Waals surface area contributed by atoms with E-state index in [9.17, 15) is 4.79 Å². The van der Waals surface area contributed by atoms with Gasteiger partial charge in [-0.3, -0.25) is 10.1 Å². The Morgan fingerprint density at radius 3 is 2.59 bits per heavy atom. The standard InChI is InChI=1S/C13H21N3O/c1-12(2)7-3-4-8-13(12)10(17)15-11(16-13)14-9-5-6-9/h9H,3-8H2,1-2H3,(H2,14,15,16,17). The quantitative estimate of drug-likeness (QED) is 0.724. The van der Waals surface area contributed by atoms with Crippen LogP contribution in [0.1, 0.15) is 52.4 Å². The molecule has 0 aromatic heterocycles. The van der Waals surface area contributed by atoms with E-state index in [1.54, 1.807) is 0 Å². The van der Waals surface area contributed by atoms with Crippen LogP contribution in [-0.2, 0) is 4.79 Å². The van der Waals surface area contributed by atoms with E-state index in [0.717, 1.165) is 32.1 Å². The molecule has 1 aliphatic heterocycles. The Bertz CT molecular complexity index is 384. The fourth-order valence-electron chi connectivity index (χ4n) is 3.12. The predicted octanol–water partition coefficient (Wildman–Crippen LogP) is 1.56. The van der Waals surface area contributed by atoms with Gasteiger partial charge < -0.3 is 5.32 Å². The molecule has 2 saturated carbocycles. The van der Waals surface area contributed by atoms with E-state index in [2.05, 4.69) is 29.5 Å². The van der Waals surface area contributed by atoms with Crippen LogP contribution in [0.2, 0.25) is 0 Å². The third kappa shape index (κ3) is 1.65. The summed E-state index contributed by atoms with van der Waals surface area (Å²) in [6, 6.07) is 0.444. The topological polar surface area (TPSA) is 53.5 Å². The molecule has 4 nitrogen and oxygen atoms in total. The number of nitrogens with one attached hydrogen (secondary N) is 2. The fourth-order valence-corrected chi connectivity index (χ4v) is 3.12. The maximum absolute atomic E-state index is 12.3. The third-order valence-corrected chi connectivity index (χ3v) is 4.57. The summed E-state index contributed by atoms with van der Waals surface area (Å²) in [5.41, 5.74) is -0.408. The van der Waals surface area contributed by atoms with Crippen molar-refractivity contribution in [2.75, 3.05) is 0 Å². The van der Waals surface area contributed by atoms with Crippen molar-refractivity contribution in [2.24, 2.45) is 10.4 Å². The maximum Gasteiger partial charge on any atom is 0.252 e. The van der Waals surface area contributed by atoms with Gasteiger partial charge in [-0.2, -0.15) is 0 Å². The van der Waals surface area contributed by atoms with E-state index in [-0.39, 0.29) is 11.3 Å². The first kappa shape index (κ1) is 11.1. The second kappa shape index (κ2) is 3.47. The van der Waals surface area contributed by atoms with Crippen molar-refractivity contribution in [1.82, 2.24) is 10.6 Å². The predicted molar refractivity (Wildman–Crippen MR) is 66.7 cm³/mol. The van der Waals surface area contributed by atoms with Gasteiger partial charge in [0.25, 0.3) is 5.91 Å². The monoisotopic (exact) mass is 235 g/mol. The highest BCUT2D eigenvalue weighted by molar-refractivity contribution is 6.09. The molecule has 3 aliphatic rings. The summed E-state index contributed by atoms with van der Waals surface area (Å²) < 4.78 is 0. The van der Waals surface area contributed by atoms with Gasteiger partial charge >= 0.3 is 0 Å². The minimum atomic E-state index is -0.418. The van der Waals surface area contributed by atoms with Gasteiger partial charge in [0.1, 0.15) is 5.54 Å². The number of hydrogen-bond donors (Lipinski definition) is 2. The zero-order valence-corrected chi connectivity index (χ0v) is 10.7. The molecule has 94 valence electrons. The molecule has 0 aromatic rings. The van der Waals surface area contributed by atoms with Crippen LogP contribution >= 0.6 is 0 Å². The molecule has 4 heteroatoms. The number of aliphatic imine (C=N–C) groups is 1. The second-order valence-corrected chi connectivity index (χ2v) is 6.28. The molecule has 1 unspecified atom stereocenters. The molecule has 1 saturated heterocycles.